The van der Waals surface area contributed by atoms with Crippen LogP contribution in [0.5, 0.6) is 5.75 Å². The fraction of sp³-hybridized carbons (Fsp3) is 0.286. The van der Waals surface area contributed by atoms with Gasteiger partial charge >= 0.3 is 6.61 Å². The molecule has 0 spiro atoms. The van der Waals surface area contributed by atoms with Crippen LogP contribution in [0.15, 0.2) is 60.0 Å². The van der Waals surface area contributed by atoms with Crippen molar-refractivity contribution in [1.82, 2.24) is 20.1 Å². The van der Waals surface area contributed by atoms with E-state index in [1.54, 1.807) is 18.5 Å². The minimum absolute atomic E-state index is 0.0581. The Morgan fingerprint density at radius 1 is 1.20 bits per heavy atom. The molecule has 0 atom stereocenters. The van der Waals surface area contributed by atoms with Crippen molar-refractivity contribution in [1.29, 1.82) is 0 Å². The second-order valence-electron chi connectivity index (χ2n) is 6.82. The van der Waals surface area contributed by atoms with E-state index in [1.807, 2.05) is 16.7 Å². The number of halogens is 2. The molecule has 0 saturated heterocycles. The molecule has 3 rings (SSSR count). The molecule has 1 amide bonds. The number of aromatic nitrogens is 3. The average Bonchev–Trinajstić information content (AvgIpc) is 3.19. The third kappa shape index (κ3) is 6.03. The molecule has 1 heterocycles. The molecule has 30 heavy (non-hydrogen) atoms. The molecule has 0 saturated carbocycles. The number of ether oxygens (including phenoxy) is 1. The van der Waals surface area contributed by atoms with Crippen molar-refractivity contribution in [2.45, 2.75) is 38.1 Å². The number of nitrogens with zero attached hydrogens (tertiary/aromatic N) is 3. The molecule has 9 heteroatoms. The van der Waals surface area contributed by atoms with Gasteiger partial charge in [-0.2, -0.15) is 8.78 Å². The molecule has 0 fully saturated rings. The van der Waals surface area contributed by atoms with E-state index in [1.165, 1.54) is 29.5 Å². The van der Waals surface area contributed by atoms with Crippen molar-refractivity contribution >= 4 is 17.7 Å². The van der Waals surface area contributed by atoms with Gasteiger partial charge in [0.1, 0.15) is 12.1 Å². The second-order valence-corrected chi connectivity index (χ2v) is 7.76. The first kappa shape index (κ1) is 21.8. The number of amides is 1. The van der Waals surface area contributed by atoms with Gasteiger partial charge in [0.15, 0.2) is 5.16 Å². The third-order valence-corrected chi connectivity index (χ3v) is 5.24. The summed E-state index contributed by atoms with van der Waals surface area (Å²) < 4.78 is 30.8. The lowest BCUT2D eigenvalue weighted by molar-refractivity contribution is -0.118. The summed E-state index contributed by atoms with van der Waals surface area (Å²) in [6, 6.07) is 14.4. The number of hydrogen-bond donors (Lipinski definition) is 1. The van der Waals surface area contributed by atoms with E-state index in [9.17, 15) is 13.6 Å². The van der Waals surface area contributed by atoms with Crippen LogP contribution in [-0.2, 0) is 11.3 Å². The smallest absolute Gasteiger partial charge is 0.387 e. The number of alkyl halides is 2. The molecule has 158 valence electrons. The van der Waals surface area contributed by atoms with Gasteiger partial charge in [0.25, 0.3) is 0 Å². The standard InChI is InChI=1S/C21H22F2N4O2S/c1-14(2)16-6-8-17(9-7-16)27-13-25-26-21(27)30-12-19(28)24-11-15-4-3-5-18(10-15)29-20(22)23/h3-10,13-14,20H,11-12H2,1-2H3,(H,24,28). The minimum atomic E-state index is -2.88. The van der Waals surface area contributed by atoms with E-state index in [4.69, 9.17) is 0 Å². The van der Waals surface area contributed by atoms with E-state index in [0.717, 1.165) is 5.69 Å². The largest absolute Gasteiger partial charge is 0.435 e. The topological polar surface area (TPSA) is 69.0 Å². The van der Waals surface area contributed by atoms with Crippen LogP contribution in [0.1, 0.15) is 30.9 Å². The molecule has 2 aromatic carbocycles. The molecule has 0 aliphatic carbocycles. The van der Waals surface area contributed by atoms with Crippen LogP contribution >= 0.6 is 11.8 Å². The van der Waals surface area contributed by atoms with E-state index in [-0.39, 0.29) is 24.0 Å². The first-order valence-corrected chi connectivity index (χ1v) is 10.3. The Kier molecular flexibility index (Phi) is 7.40. The van der Waals surface area contributed by atoms with Crippen molar-refractivity contribution < 1.29 is 18.3 Å². The Morgan fingerprint density at radius 3 is 2.67 bits per heavy atom. The summed E-state index contributed by atoms with van der Waals surface area (Å²) in [7, 11) is 0. The molecule has 1 aromatic heterocycles. The quantitative estimate of drug-likeness (QED) is 0.508. The number of nitrogens with one attached hydrogen (secondary N) is 1. The van der Waals surface area contributed by atoms with Gasteiger partial charge < -0.3 is 10.1 Å². The van der Waals surface area contributed by atoms with Crippen LogP contribution in [0.25, 0.3) is 5.69 Å². The normalized spacial score (nSPS) is 11.1. The van der Waals surface area contributed by atoms with E-state index >= 15 is 0 Å². The lowest BCUT2D eigenvalue weighted by Gasteiger charge is -2.10. The van der Waals surface area contributed by atoms with E-state index in [0.29, 0.717) is 16.6 Å². The highest BCUT2D eigenvalue weighted by molar-refractivity contribution is 7.99. The summed E-state index contributed by atoms with van der Waals surface area (Å²) in [4.78, 5) is 12.2. The molecule has 0 unspecified atom stereocenters. The highest BCUT2D eigenvalue weighted by Gasteiger charge is 2.11. The van der Waals surface area contributed by atoms with Crippen molar-refractivity contribution in [2.75, 3.05) is 5.75 Å². The van der Waals surface area contributed by atoms with Gasteiger partial charge in [0.2, 0.25) is 5.91 Å². The third-order valence-electron chi connectivity index (χ3n) is 4.30. The summed E-state index contributed by atoms with van der Waals surface area (Å²) in [6.07, 6.45) is 1.61. The van der Waals surface area contributed by atoms with Crippen LogP contribution in [0, 0.1) is 0 Å². The predicted molar refractivity (Wildman–Crippen MR) is 111 cm³/mol. The molecule has 0 bridgehead atoms. The maximum atomic E-state index is 12.3. The van der Waals surface area contributed by atoms with Gasteiger partial charge in [-0.3, -0.25) is 9.36 Å². The zero-order valence-electron chi connectivity index (χ0n) is 16.6. The molecule has 0 radical (unpaired) electrons. The van der Waals surface area contributed by atoms with Gasteiger partial charge in [-0.15, -0.1) is 10.2 Å². The Bertz CT molecular complexity index is 977. The molecule has 0 aliphatic rings. The summed E-state index contributed by atoms with van der Waals surface area (Å²) in [6.45, 7) is 1.60. The summed E-state index contributed by atoms with van der Waals surface area (Å²) in [5.74, 6) is 0.448. The maximum absolute atomic E-state index is 12.3. The van der Waals surface area contributed by atoms with Gasteiger partial charge in [-0.25, -0.2) is 0 Å². The van der Waals surface area contributed by atoms with Crippen LogP contribution in [0.2, 0.25) is 0 Å². The Labute approximate surface area is 177 Å². The fourth-order valence-corrected chi connectivity index (χ4v) is 3.49. The van der Waals surface area contributed by atoms with Crippen LogP contribution in [-0.4, -0.2) is 33.0 Å². The molecule has 6 nitrogen and oxygen atoms in total. The van der Waals surface area contributed by atoms with Gasteiger partial charge in [-0.1, -0.05) is 49.9 Å². The van der Waals surface area contributed by atoms with Gasteiger partial charge in [0.05, 0.1) is 5.75 Å². The number of hydrogen-bond acceptors (Lipinski definition) is 5. The van der Waals surface area contributed by atoms with E-state index in [2.05, 4.69) is 46.2 Å². The van der Waals surface area contributed by atoms with Crippen LogP contribution in [0.3, 0.4) is 0 Å². The van der Waals surface area contributed by atoms with Crippen molar-refractivity contribution in [3.8, 4) is 11.4 Å². The summed E-state index contributed by atoms with van der Waals surface area (Å²) in [5.41, 5.74) is 2.83. The van der Waals surface area contributed by atoms with Crippen molar-refractivity contribution in [3.63, 3.8) is 0 Å². The van der Waals surface area contributed by atoms with Gasteiger partial charge in [0, 0.05) is 12.2 Å². The van der Waals surface area contributed by atoms with Gasteiger partial charge in [-0.05, 0) is 41.3 Å². The molecule has 3 aromatic rings. The first-order valence-electron chi connectivity index (χ1n) is 9.36. The SMILES string of the molecule is CC(C)c1ccc(-n2cnnc2SCC(=O)NCc2cccc(OC(F)F)c2)cc1. The van der Waals surface area contributed by atoms with E-state index < -0.39 is 6.61 Å². The fourth-order valence-electron chi connectivity index (χ4n) is 2.73. The molecule has 1 N–H and O–H groups in total. The minimum Gasteiger partial charge on any atom is -0.435 e. The monoisotopic (exact) mass is 432 g/mol. The Hall–Kier alpha value is -2.94. The summed E-state index contributed by atoms with van der Waals surface area (Å²) in [5, 5.41) is 11.4. The number of benzene rings is 2. The average molecular weight is 432 g/mol. The number of carbonyl (C=O) groups excluding carboxylic acids is 1. The summed E-state index contributed by atoms with van der Waals surface area (Å²) >= 11 is 1.27. The highest BCUT2D eigenvalue weighted by atomic mass is 32.2. The Morgan fingerprint density at radius 2 is 1.97 bits per heavy atom. The number of thioether (sulfide) groups is 1. The van der Waals surface area contributed by atoms with Crippen molar-refractivity contribution in [3.05, 3.63) is 66.0 Å². The predicted octanol–water partition coefficient (Wildman–Crippen LogP) is 4.40. The lowest BCUT2D eigenvalue weighted by Crippen LogP contribution is -2.24. The highest BCUT2D eigenvalue weighted by Crippen LogP contribution is 2.22. The van der Waals surface area contributed by atoms with Crippen LogP contribution in [0.4, 0.5) is 8.78 Å². The number of carbonyl (C=O) groups is 1. The zero-order chi connectivity index (χ0) is 21.5. The van der Waals surface area contributed by atoms with Crippen molar-refractivity contribution in [2.24, 2.45) is 0 Å². The lowest BCUT2D eigenvalue weighted by atomic mass is 10.0. The second kappa shape index (κ2) is 10.2. The Balaban J connectivity index is 1.54. The molecular formula is C21H22F2N4O2S. The van der Waals surface area contributed by atoms with Crippen LogP contribution < -0.4 is 10.1 Å². The zero-order valence-corrected chi connectivity index (χ0v) is 17.4. The molecule has 0 aliphatic heterocycles. The number of rotatable bonds is 9. The maximum Gasteiger partial charge on any atom is 0.387 e. The molecular weight excluding hydrogens is 410 g/mol. The first-order chi connectivity index (χ1) is 14.4.